The van der Waals surface area contributed by atoms with Crippen LogP contribution in [0.5, 0.6) is 0 Å². The number of carbonyl (C=O) groups is 1. The minimum atomic E-state index is -3.76. The molecule has 2 heterocycles. The van der Waals surface area contributed by atoms with Crippen molar-refractivity contribution in [2.45, 2.75) is 37.6 Å². The highest BCUT2D eigenvalue weighted by Gasteiger charge is 2.36. The summed E-state index contributed by atoms with van der Waals surface area (Å²) >= 11 is 2.99. The fraction of sp³-hybridized carbons (Fsp3) is 0.583. The van der Waals surface area contributed by atoms with Gasteiger partial charge in [-0.15, -0.1) is 0 Å². The monoisotopic (exact) mass is 365 g/mol. The van der Waals surface area contributed by atoms with Crippen LogP contribution in [0.2, 0.25) is 0 Å². The van der Waals surface area contributed by atoms with Crippen molar-refractivity contribution in [2.75, 3.05) is 6.54 Å². The number of sulfonamides is 1. The molecule has 1 aliphatic rings. The average molecular weight is 366 g/mol. The molecule has 0 aliphatic carbocycles. The zero-order chi connectivity index (χ0) is 15.1. The summed E-state index contributed by atoms with van der Waals surface area (Å²) in [5, 5.41) is 8.87. The Hall–Kier alpha value is -0.860. The molecule has 1 saturated heterocycles. The maximum Gasteiger partial charge on any atom is 0.371 e. The van der Waals surface area contributed by atoms with E-state index in [0.717, 1.165) is 18.9 Å². The highest BCUT2D eigenvalue weighted by molar-refractivity contribution is 9.10. The number of nitrogens with zero attached hydrogens (tertiary/aromatic N) is 1. The lowest BCUT2D eigenvalue weighted by Gasteiger charge is -2.35. The van der Waals surface area contributed by atoms with E-state index in [9.17, 15) is 13.2 Å². The fourth-order valence-electron chi connectivity index (χ4n) is 2.34. The summed E-state index contributed by atoms with van der Waals surface area (Å²) in [6, 6.07) is 0.944. The van der Waals surface area contributed by atoms with Gasteiger partial charge in [0.1, 0.15) is 4.90 Å². The van der Waals surface area contributed by atoms with Crippen LogP contribution in [0.25, 0.3) is 0 Å². The topological polar surface area (TPSA) is 87.8 Å². The average Bonchev–Trinajstić information content (AvgIpc) is 2.75. The number of piperidine rings is 1. The molecule has 0 amide bonds. The van der Waals surface area contributed by atoms with E-state index in [-0.39, 0.29) is 21.5 Å². The van der Waals surface area contributed by atoms with Crippen LogP contribution in [0.3, 0.4) is 0 Å². The Morgan fingerprint density at radius 1 is 1.45 bits per heavy atom. The second-order valence-corrected chi connectivity index (χ2v) is 7.74. The van der Waals surface area contributed by atoms with Crippen molar-refractivity contribution in [3.8, 4) is 0 Å². The molecule has 112 valence electrons. The molecule has 6 nitrogen and oxygen atoms in total. The second-order valence-electron chi connectivity index (χ2n) is 5.16. The quantitative estimate of drug-likeness (QED) is 0.888. The third kappa shape index (κ3) is 2.77. The first-order valence-electron chi connectivity index (χ1n) is 6.28. The standard InChI is InChI=1S/C12H16BrNO5S/c1-7-3-4-8(2)14(6-7)20(17,18)10-5-9(12(15)16)19-11(10)13/h5,7-8H,3-4,6H2,1-2H3,(H,15,16). The van der Waals surface area contributed by atoms with Crippen LogP contribution in [-0.2, 0) is 10.0 Å². The first-order valence-corrected chi connectivity index (χ1v) is 8.51. The van der Waals surface area contributed by atoms with Crippen molar-refractivity contribution in [2.24, 2.45) is 5.92 Å². The number of aromatic carboxylic acids is 1. The van der Waals surface area contributed by atoms with Gasteiger partial charge < -0.3 is 9.52 Å². The molecule has 20 heavy (non-hydrogen) atoms. The van der Waals surface area contributed by atoms with Gasteiger partial charge in [-0.3, -0.25) is 0 Å². The lowest BCUT2D eigenvalue weighted by Crippen LogP contribution is -2.44. The van der Waals surface area contributed by atoms with Crippen molar-refractivity contribution in [3.05, 3.63) is 16.5 Å². The summed E-state index contributed by atoms with van der Waals surface area (Å²) in [6.07, 6.45) is 1.78. The Morgan fingerprint density at radius 3 is 2.65 bits per heavy atom. The predicted molar refractivity (Wildman–Crippen MR) is 75.1 cm³/mol. The predicted octanol–water partition coefficient (Wildman–Crippen LogP) is 2.55. The van der Waals surface area contributed by atoms with E-state index in [1.54, 1.807) is 0 Å². The summed E-state index contributed by atoms with van der Waals surface area (Å²) < 4.78 is 31.6. The molecule has 1 aromatic rings. The lowest BCUT2D eigenvalue weighted by molar-refractivity contribution is 0.0661. The van der Waals surface area contributed by atoms with E-state index in [0.29, 0.717) is 6.54 Å². The minimum absolute atomic E-state index is 0.0691. The van der Waals surface area contributed by atoms with E-state index < -0.39 is 21.8 Å². The second kappa shape index (κ2) is 5.50. The van der Waals surface area contributed by atoms with Gasteiger partial charge in [0.25, 0.3) is 0 Å². The summed E-state index contributed by atoms with van der Waals surface area (Å²) in [4.78, 5) is 10.7. The van der Waals surface area contributed by atoms with Gasteiger partial charge in [-0.25, -0.2) is 13.2 Å². The zero-order valence-corrected chi connectivity index (χ0v) is 13.6. The third-order valence-corrected chi connectivity index (χ3v) is 6.35. The van der Waals surface area contributed by atoms with Crippen molar-refractivity contribution < 1.29 is 22.7 Å². The number of furan rings is 1. The summed E-state index contributed by atoms with van der Waals surface area (Å²) in [7, 11) is -3.76. The van der Waals surface area contributed by atoms with Crippen LogP contribution in [0.1, 0.15) is 37.2 Å². The molecule has 1 aromatic heterocycles. The molecule has 0 radical (unpaired) electrons. The minimum Gasteiger partial charge on any atom is -0.475 e. The van der Waals surface area contributed by atoms with E-state index in [1.807, 2.05) is 13.8 Å². The number of hydrogen-bond acceptors (Lipinski definition) is 4. The van der Waals surface area contributed by atoms with E-state index in [1.165, 1.54) is 4.31 Å². The summed E-state index contributed by atoms with van der Waals surface area (Å²) in [5.74, 6) is -1.41. The molecule has 1 aliphatic heterocycles. The molecule has 2 unspecified atom stereocenters. The summed E-state index contributed by atoms with van der Waals surface area (Å²) in [5.41, 5.74) is 0. The van der Waals surface area contributed by atoms with Gasteiger partial charge in [0.2, 0.25) is 15.8 Å². The fourth-order valence-corrected chi connectivity index (χ4v) is 5.03. The molecule has 0 bridgehead atoms. The largest absolute Gasteiger partial charge is 0.475 e. The molecule has 0 spiro atoms. The van der Waals surface area contributed by atoms with Crippen molar-refractivity contribution in [1.82, 2.24) is 4.31 Å². The van der Waals surface area contributed by atoms with Crippen LogP contribution in [0.4, 0.5) is 0 Å². The molecule has 1 N–H and O–H groups in total. The van der Waals surface area contributed by atoms with Crippen LogP contribution < -0.4 is 0 Å². The van der Waals surface area contributed by atoms with Crippen LogP contribution in [-0.4, -0.2) is 36.4 Å². The highest BCUT2D eigenvalue weighted by atomic mass is 79.9. The van der Waals surface area contributed by atoms with E-state index in [4.69, 9.17) is 9.52 Å². The molecule has 0 saturated carbocycles. The Labute approximate surface area is 125 Å². The normalized spacial score (nSPS) is 24.8. The highest BCUT2D eigenvalue weighted by Crippen LogP contribution is 2.33. The lowest BCUT2D eigenvalue weighted by atomic mass is 9.97. The maximum atomic E-state index is 12.6. The maximum absolute atomic E-state index is 12.6. The number of halogens is 1. The third-order valence-electron chi connectivity index (χ3n) is 3.51. The summed E-state index contributed by atoms with van der Waals surface area (Å²) in [6.45, 7) is 4.29. The SMILES string of the molecule is CC1CCC(C)N(S(=O)(=O)c2cc(C(=O)O)oc2Br)C1. The first-order chi connectivity index (χ1) is 9.23. The van der Waals surface area contributed by atoms with Crippen molar-refractivity contribution in [3.63, 3.8) is 0 Å². The molecular weight excluding hydrogens is 350 g/mol. The first kappa shape index (κ1) is 15.5. The van der Waals surface area contributed by atoms with Crippen molar-refractivity contribution >= 4 is 31.9 Å². The van der Waals surface area contributed by atoms with Crippen LogP contribution in [0.15, 0.2) is 20.0 Å². The van der Waals surface area contributed by atoms with Gasteiger partial charge in [-0.05, 0) is 41.6 Å². The number of carboxylic acid groups (broad SMARTS) is 1. The van der Waals surface area contributed by atoms with Crippen LogP contribution in [0, 0.1) is 5.92 Å². The zero-order valence-electron chi connectivity index (χ0n) is 11.2. The molecule has 2 atom stereocenters. The molecule has 2 rings (SSSR count). The van der Waals surface area contributed by atoms with E-state index >= 15 is 0 Å². The van der Waals surface area contributed by atoms with E-state index in [2.05, 4.69) is 15.9 Å². The molecule has 0 aromatic carbocycles. The van der Waals surface area contributed by atoms with Gasteiger partial charge in [0.05, 0.1) is 0 Å². The Morgan fingerprint density at radius 2 is 2.10 bits per heavy atom. The Kier molecular flexibility index (Phi) is 4.27. The van der Waals surface area contributed by atoms with Crippen molar-refractivity contribution in [1.29, 1.82) is 0 Å². The molecular formula is C12H16BrNO5S. The van der Waals surface area contributed by atoms with Gasteiger partial charge in [-0.2, -0.15) is 4.31 Å². The molecule has 1 fully saturated rings. The van der Waals surface area contributed by atoms with Gasteiger partial charge in [-0.1, -0.05) is 6.92 Å². The molecule has 8 heteroatoms. The van der Waals surface area contributed by atoms with Gasteiger partial charge in [0, 0.05) is 18.7 Å². The van der Waals surface area contributed by atoms with Gasteiger partial charge in [0.15, 0.2) is 4.67 Å². The number of rotatable bonds is 3. The smallest absolute Gasteiger partial charge is 0.371 e. The van der Waals surface area contributed by atoms with Crippen LogP contribution >= 0.6 is 15.9 Å². The Bertz CT molecular complexity index is 624. The Balaban J connectivity index is 2.41. The number of carboxylic acids is 1. The van der Waals surface area contributed by atoms with Gasteiger partial charge >= 0.3 is 5.97 Å². The number of hydrogen-bond donors (Lipinski definition) is 1.